The predicted octanol–water partition coefficient (Wildman–Crippen LogP) is 4.61. The quantitative estimate of drug-likeness (QED) is 0.434. The maximum absolute atomic E-state index is 8.98. The second-order valence-corrected chi connectivity index (χ2v) is 5.01. The van der Waals surface area contributed by atoms with Crippen molar-refractivity contribution in [1.82, 2.24) is 4.98 Å². The third-order valence-corrected chi connectivity index (χ3v) is 3.55. The lowest BCUT2D eigenvalue weighted by atomic mass is 9.98. The summed E-state index contributed by atoms with van der Waals surface area (Å²) in [7, 11) is 0. The van der Waals surface area contributed by atoms with Crippen molar-refractivity contribution in [3.05, 3.63) is 78.5 Å². The van der Waals surface area contributed by atoms with E-state index in [2.05, 4.69) is 17.3 Å². The normalized spacial score (nSPS) is 11.4. The largest absolute Gasteiger partial charge is 0.411 e. The summed E-state index contributed by atoms with van der Waals surface area (Å²) in [5.74, 6) is 0. The lowest BCUT2D eigenvalue weighted by molar-refractivity contribution is 0.319. The minimum Gasteiger partial charge on any atom is -0.411 e. The van der Waals surface area contributed by atoms with E-state index in [9.17, 15) is 0 Å². The van der Waals surface area contributed by atoms with Crippen LogP contribution in [-0.2, 0) is 0 Å². The van der Waals surface area contributed by atoms with E-state index in [-0.39, 0.29) is 0 Å². The molecule has 3 rings (SSSR count). The first-order chi connectivity index (χ1) is 10.8. The van der Waals surface area contributed by atoms with Crippen LogP contribution in [0.4, 0.5) is 0 Å². The summed E-state index contributed by atoms with van der Waals surface area (Å²) < 4.78 is 0. The zero-order chi connectivity index (χ0) is 15.4. The highest BCUT2D eigenvalue weighted by atomic mass is 16.4. The molecule has 0 unspecified atom stereocenters. The summed E-state index contributed by atoms with van der Waals surface area (Å²) in [4.78, 5) is 4.70. The highest BCUT2D eigenvalue weighted by molar-refractivity contribution is 5.98. The molecule has 0 atom stereocenters. The predicted molar refractivity (Wildman–Crippen MR) is 89.1 cm³/mol. The standard InChI is InChI=1S/C19H16N2O/c1-14(21-22)18-13-12-17(15-8-4-2-5-9-15)19(20-18)16-10-6-3-7-11-16/h2-13,22H,1H3/b21-14-. The van der Waals surface area contributed by atoms with Crippen molar-refractivity contribution in [3.8, 4) is 22.4 Å². The molecule has 1 heterocycles. The summed E-state index contributed by atoms with van der Waals surface area (Å²) in [5.41, 5.74) is 5.25. The summed E-state index contributed by atoms with van der Waals surface area (Å²) in [6, 6.07) is 24.1. The average molecular weight is 288 g/mol. The SMILES string of the molecule is C/C(=N/O)c1ccc(-c2ccccc2)c(-c2ccccc2)n1. The first kappa shape index (κ1) is 14.0. The molecule has 0 bridgehead atoms. The second-order valence-electron chi connectivity index (χ2n) is 5.01. The maximum atomic E-state index is 8.98. The molecule has 1 aromatic heterocycles. The summed E-state index contributed by atoms with van der Waals surface area (Å²) in [6.07, 6.45) is 0. The number of nitrogens with zero attached hydrogens (tertiary/aromatic N) is 2. The van der Waals surface area contributed by atoms with Crippen molar-refractivity contribution in [2.45, 2.75) is 6.92 Å². The summed E-state index contributed by atoms with van der Waals surface area (Å²) in [5, 5.41) is 12.2. The van der Waals surface area contributed by atoms with Crippen molar-refractivity contribution < 1.29 is 5.21 Å². The Morgan fingerprint density at radius 3 is 2.00 bits per heavy atom. The van der Waals surface area contributed by atoms with E-state index in [1.807, 2.05) is 60.7 Å². The lowest BCUT2D eigenvalue weighted by Gasteiger charge is -2.11. The Labute approximate surface area is 129 Å². The Bertz CT molecular complexity index is 796. The Morgan fingerprint density at radius 1 is 0.818 bits per heavy atom. The van der Waals surface area contributed by atoms with E-state index < -0.39 is 0 Å². The molecule has 3 nitrogen and oxygen atoms in total. The molecular weight excluding hydrogens is 272 g/mol. The van der Waals surface area contributed by atoms with E-state index >= 15 is 0 Å². The van der Waals surface area contributed by atoms with Gasteiger partial charge in [-0.1, -0.05) is 65.8 Å². The van der Waals surface area contributed by atoms with Gasteiger partial charge in [0.2, 0.25) is 0 Å². The van der Waals surface area contributed by atoms with Crippen LogP contribution in [0.5, 0.6) is 0 Å². The lowest BCUT2D eigenvalue weighted by Crippen LogP contribution is -2.01. The number of hydrogen-bond acceptors (Lipinski definition) is 3. The van der Waals surface area contributed by atoms with Gasteiger partial charge >= 0.3 is 0 Å². The van der Waals surface area contributed by atoms with Gasteiger partial charge in [0, 0.05) is 11.1 Å². The third kappa shape index (κ3) is 2.74. The molecule has 2 aromatic carbocycles. The molecule has 3 aromatic rings. The van der Waals surface area contributed by atoms with E-state index in [1.165, 1.54) is 0 Å². The van der Waals surface area contributed by atoms with Crippen molar-refractivity contribution in [1.29, 1.82) is 0 Å². The topological polar surface area (TPSA) is 45.5 Å². The smallest absolute Gasteiger partial charge is 0.102 e. The molecule has 0 aliphatic heterocycles. The Balaban J connectivity index is 2.22. The zero-order valence-corrected chi connectivity index (χ0v) is 12.3. The monoisotopic (exact) mass is 288 g/mol. The number of pyridine rings is 1. The van der Waals surface area contributed by atoms with Gasteiger partial charge in [-0.2, -0.15) is 0 Å². The molecule has 0 fully saturated rings. The van der Waals surface area contributed by atoms with E-state index in [0.717, 1.165) is 22.4 Å². The molecule has 0 radical (unpaired) electrons. The van der Waals surface area contributed by atoms with Crippen LogP contribution < -0.4 is 0 Å². The van der Waals surface area contributed by atoms with Gasteiger partial charge in [0.25, 0.3) is 0 Å². The summed E-state index contributed by atoms with van der Waals surface area (Å²) in [6.45, 7) is 1.74. The Morgan fingerprint density at radius 2 is 1.41 bits per heavy atom. The maximum Gasteiger partial charge on any atom is 0.102 e. The van der Waals surface area contributed by atoms with Gasteiger partial charge in [0.15, 0.2) is 0 Å². The van der Waals surface area contributed by atoms with E-state index in [0.29, 0.717) is 11.4 Å². The van der Waals surface area contributed by atoms with Crippen LogP contribution in [0.3, 0.4) is 0 Å². The number of aromatic nitrogens is 1. The Hall–Kier alpha value is -2.94. The van der Waals surface area contributed by atoms with Crippen molar-refractivity contribution in [3.63, 3.8) is 0 Å². The first-order valence-corrected chi connectivity index (χ1v) is 7.10. The molecule has 108 valence electrons. The van der Waals surface area contributed by atoms with Gasteiger partial charge < -0.3 is 5.21 Å². The van der Waals surface area contributed by atoms with Crippen LogP contribution in [0, 0.1) is 0 Å². The minimum atomic E-state index is 0.497. The molecule has 0 saturated heterocycles. The van der Waals surface area contributed by atoms with Crippen LogP contribution in [-0.4, -0.2) is 15.9 Å². The Kier molecular flexibility index (Phi) is 3.97. The van der Waals surface area contributed by atoms with Crippen LogP contribution in [0.25, 0.3) is 22.4 Å². The fourth-order valence-corrected chi connectivity index (χ4v) is 2.38. The van der Waals surface area contributed by atoms with Crippen molar-refractivity contribution >= 4 is 5.71 Å². The number of benzene rings is 2. The molecule has 0 saturated carbocycles. The van der Waals surface area contributed by atoms with Crippen LogP contribution in [0.1, 0.15) is 12.6 Å². The molecule has 0 spiro atoms. The van der Waals surface area contributed by atoms with E-state index in [1.54, 1.807) is 6.92 Å². The van der Waals surface area contributed by atoms with Gasteiger partial charge in [-0.25, -0.2) is 4.98 Å². The number of oxime groups is 1. The van der Waals surface area contributed by atoms with Crippen LogP contribution in [0.15, 0.2) is 78.0 Å². The third-order valence-electron chi connectivity index (χ3n) is 3.55. The van der Waals surface area contributed by atoms with E-state index in [4.69, 9.17) is 10.2 Å². The van der Waals surface area contributed by atoms with Gasteiger partial charge in [-0.3, -0.25) is 0 Å². The molecule has 22 heavy (non-hydrogen) atoms. The molecule has 0 aliphatic carbocycles. The van der Waals surface area contributed by atoms with Gasteiger partial charge in [0.05, 0.1) is 11.4 Å². The average Bonchev–Trinajstić information content (AvgIpc) is 2.62. The van der Waals surface area contributed by atoms with Gasteiger partial charge in [-0.15, -0.1) is 0 Å². The fourth-order valence-electron chi connectivity index (χ4n) is 2.38. The minimum absolute atomic E-state index is 0.497. The zero-order valence-electron chi connectivity index (χ0n) is 12.3. The fraction of sp³-hybridized carbons (Fsp3) is 0.0526. The molecule has 1 N–H and O–H groups in total. The second kappa shape index (κ2) is 6.22. The number of rotatable bonds is 3. The van der Waals surface area contributed by atoms with Gasteiger partial charge in [0.1, 0.15) is 5.71 Å². The molecular formula is C19H16N2O. The highest BCUT2D eigenvalue weighted by Gasteiger charge is 2.11. The first-order valence-electron chi connectivity index (χ1n) is 7.10. The van der Waals surface area contributed by atoms with Crippen LogP contribution >= 0.6 is 0 Å². The molecule has 3 heteroatoms. The van der Waals surface area contributed by atoms with Gasteiger partial charge in [-0.05, 0) is 24.6 Å². The summed E-state index contributed by atoms with van der Waals surface area (Å²) >= 11 is 0. The molecule has 0 aliphatic rings. The van der Waals surface area contributed by atoms with Crippen LogP contribution in [0.2, 0.25) is 0 Å². The number of hydrogen-bond donors (Lipinski definition) is 1. The molecule has 0 amide bonds. The highest BCUT2D eigenvalue weighted by Crippen LogP contribution is 2.30. The van der Waals surface area contributed by atoms with Crippen molar-refractivity contribution in [2.75, 3.05) is 0 Å². The van der Waals surface area contributed by atoms with Crippen molar-refractivity contribution in [2.24, 2.45) is 5.16 Å².